The van der Waals surface area contributed by atoms with Gasteiger partial charge in [0, 0.05) is 12.6 Å². The molecule has 2 rings (SSSR count). The molecule has 0 aromatic heterocycles. The van der Waals surface area contributed by atoms with E-state index in [2.05, 4.69) is 25.2 Å². The molecule has 0 bridgehead atoms. The highest BCUT2D eigenvalue weighted by molar-refractivity contribution is 5.78. The number of hydrogen-bond acceptors (Lipinski definition) is 3. The fraction of sp³-hybridized carbons (Fsp3) is 0.632. The Morgan fingerprint density at radius 2 is 2.13 bits per heavy atom. The first-order valence-corrected chi connectivity index (χ1v) is 8.72. The molecule has 1 amide bonds. The molecule has 1 aliphatic carbocycles. The first-order chi connectivity index (χ1) is 11.0. The number of rotatable bonds is 7. The number of carbonyl (C=O) groups is 1. The van der Waals surface area contributed by atoms with Crippen molar-refractivity contribution in [3.8, 4) is 5.75 Å². The Labute approximate surface area is 140 Å². The first kappa shape index (κ1) is 17.8. The van der Waals surface area contributed by atoms with Crippen LogP contribution in [0.3, 0.4) is 0 Å². The van der Waals surface area contributed by atoms with E-state index in [0.29, 0.717) is 25.1 Å². The molecule has 23 heavy (non-hydrogen) atoms. The van der Waals surface area contributed by atoms with Gasteiger partial charge in [-0.1, -0.05) is 31.9 Å². The van der Waals surface area contributed by atoms with Crippen LogP contribution < -0.4 is 10.1 Å². The lowest BCUT2D eigenvalue weighted by atomic mass is 9.86. The Bertz CT molecular complexity index is 504. The molecule has 1 N–H and O–H groups in total. The van der Waals surface area contributed by atoms with Gasteiger partial charge >= 0.3 is 0 Å². The van der Waals surface area contributed by atoms with Crippen LogP contribution in [0.25, 0.3) is 0 Å². The number of aryl methyl sites for hydroxylation is 1. The predicted molar refractivity (Wildman–Crippen MR) is 93.7 cm³/mol. The summed E-state index contributed by atoms with van der Waals surface area (Å²) in [6.07, 6.45) is 4.87. The molecule has 1 aliphatic rings. The second kappa shape index (κ2) is 8.92. The molecule has 0 aliphatic heterocycles. The highest BCUT2D eigenvalue weighted by Crippen LogP contribution is 2.23. The number of ether oxygens (including phenoxy) is 1. The molecule has 0 unspecified atom stereocenters. The lowest BCUT2D eigenvalue weighted by molar-refractivity contribution is -0.123. The van der Waals surface area contributed by atoms with Crippen LogP contribution in [0.5, 0.6) is 5.75 Å². The Hall–Kier alpha value is -1.55. The van der Waals surface area contributed by atoms with E-state index in [0.717, 1.165) is 18.7 Å². The Morgan fingerprint density at radius 1 is 1.35 bits per heavy atom. The summed E-state index contributed by atoms with van der Waals surface area (Å²) in [7, 11) is 1.96. The average molecular weight is 318 g/mol. The number of benzene rings is 1. The lowest BCUT2D eigenvalue weighted by Gasteiger charge is -2.30. The number of hydrogen-bond donors (Lipinski definition) is 1. The summed E-state index contributed by atoms with van der Waals surface area (Å²) >= 11 is 0. The van der Waals surface area contributed by atoms with Crippen LogP contribution in [0.2, 0.25) is 0 Å². The maximum atomic E-state index is 12.2. The molecule has 1 saturated carbocycles. The van der Waals surface area contributed by atoms with Gasteiger partial charge in [-0.2, -0.15) is 0 Å². The van der Waals surface area contributed by atoms with Gasteiger partial charge in [-0.05, 0) is 50.4 Å². The van der Waals surface area contributed by atoms with Gasteiger partial charge in [0.1, 0.15) is 12.4 Å². The highest BCUT2D eigenvalue weighted by atomic mass is 16.5. The summed E-state index contributed by atoms with van der Waals surface area (Å²) < 4.78 is 5.73. The van der Waals surface area contributed by atoms with Crippen LogP contribution in [-0.4, -0.2) is 43.6 Å². The van der Waals surface area contributed by atoms with Crippen molar-refractivity contribution in [2.75, 3.05) is 26.7 Å². The zero-order valence-corrected chi connectivity index (χ0v) is 14.7. The van der Waals surface area contributed by atoms with Crippen LogP contribution in [-0.2, 0) is 4.79 Å². The molecule has 2 atom stereocenters. The minimum Gasteiger partial charge on any atom is -0.492 e. The van der Waals surface area contributed by atoms with Gasteiger partial charge in [0.25, 0.3) is 0 Å². The van der Waals surface area contributed by atoms with Gasteiger partial charge in [-0.3, -0.25) is 9.69 Å². The Kier molecular flexibility index (Phi) is 6.90. The monoisotopic (exact) mass is 318 g/mol. The molecule has 1 fully saturated rings. The van der Waals surface area contributed by atoms with Crippen molar-refractivity contribution < 1.29 is 9.53 Å². The van der Waals surface area contributed by atoms with Crippen molar-refractivity contribution in [3.63, 3.8) is 0 Å². The lowest BCUT2D eigenvalue weighted by Crippen LogP contribution is -2.45. The topological polar surface area (TPSA) is 41.6 Å². The molecular formula is C19H30N2O2. The molecule has 4 heteroatoms. The van der Waals surface area contributed by atoms with Crippen LogP contribution in [0.1, 0.15) is 38.2 Å². The second-order valence-electron chi connectivity index (χ2n) is 6.84. The molecule has 0 heterocycles. The van der Waals surface area contributed by atoms with Crippen molar-refractivity contribution in [2.24, 2.45) is 5.92 Å². The summed E-state index contributed by atoms with van der Waals surface area (Å²) in [5.41, 5.74) is 1.19. The number of nitrogens with zero attached hydrogens (tertiary/aromatic N) is 1. The highest BCUT2D eigenvalue weighted by Gasteiger charge is 2.22. The van der Waals surface area contributed by atoms with Gasteiger partial charge in [0.15, 0.2) is 0 Å². The number of nitrogens with one attached hydrogen (secondary N) is 1. The van der Waals surface area contributed by atoms with E-state index in [9.17, 15) is 4.79 Å². The summed E-state index contributed by atoms with van der Waals surface area (Å²) in [5, 5.41) is 3.19. The van der Waals surface area contributed by atoms with E-state index >= 15 is 0 Å². The fourth-order valence-corrected chi connectivity index (χ4v) is 3.13. The zero-order chi connectivity index (χ0) is 16.7. The summed E-state index contributed by atoms with van der Waals surface area (Å²) in [6, 6.07) is 8.39. The first-order valence-electron chi connectivity index (χ1n) is 8.72. The van der Waals surface area contributed by atoms with E-state index in [1.165, 1.54) is 24.8 Å². The fourth-order valence-electron chi connectivity index (χ4n) is 3.13. The van der Waals surface area contributed by atoms with Crippen molar-refractivity contribution in [3.05, 3.63) is 29.8 Å². The van der Waals surface area contributed by atoms with E-state index < -0.39 is 0 Å². The van der Waals surface area contributed by atoms with Crippen LogP contribution in [0.4, 0.5) is 0 Å². The normalized spacial score (nSPS) is 21.2. The zero-order valence-electron chi connectivity index (χ0n) is 14.7. The quantitative estimate of drug-likeness (QED) is 0.840. The third-order valence-electron chi connectivity index (χ3n) is 4.60. The summed E-state index contributed by atoms with van der Waals surface area (Å²) in [6.45, 7) is 6.05. The summed E-state index contributed by atoms with van der Waals surface area (Å²) in [5.74, 6) is 1.61. The molecule has 0 saturated heterocycles. The van der Waals surface area contributed by atoms with E-state index in [1.54, 1.807) is 0 Å². The predicted octanol–water partition coefficient (Wildman–Crippen LogP) is 3.00. The minimum atomic E-state index is 0.127. The third-order valence-corrected chi connectivity index (χ3v) is 4.60. The SMILES string of the molecule is Cc1cccc(OCCN(C)CC(=O)N[C@H]2CCCC[C@@H]2C)c1. The maximum absolute atomic E-state index is 12.2. The van der Waals surface area contributed by atoms with Gasteiger partial charge in [-0.15, -0.1) is 0 Å². The maximum Gasteiger partial charge on any atom is 0.234 e. The van der Waals surface area contributed by atoms with Crippen LogP contribution >= 0.6 is 0 Å². The summed E-state index contributed by atoms with van der Waals surface area (Å²) in [4.78, 5) is 14.2. The molecule has 0 radical (unpaired) electrons. The number of amides is 1. The van der Waals surface area contributed by atoms with Gasteiger partial charge < -0.3 is 10.1 Å². The minimum absolute atomic E-state index is 0.127. The van der Waals surface area contributed by atoms with Crippen molar-refractivity contribution in [2.45, 2.75) is 45.6 Å². The molecule has 0 spiro atoms. The van der Waals surface area contributed by atoms with E-state index in [4.69, 9.17) is 4.74 Å². The molecule has 4 nitrogen and oxygen atoms in total. The third kappa shape index (κ3) is 6.22. The van der Waals surface area contributed by atoms with E-state index in [1.807, 2.05) is 30.1 Å². The molecule has 1 aromatic rings. The van der Waals surface area contributed by atoms with Crippen molar-refractivity contribution in [1.82, 2.24) is 10.2 Å². The van der Waals surface area contributed by atoms with Crippen molar-refractivity contribution in [1.29, 1.82) is 0 Å². The van der Waals surface area contributed by atoms with Crippen LogP contribution in [0.15, 0.2) is 24.3 Å². The van der Waals surface area contributed by atoms with E-state index in [-0.39, 0.29) is 5.91 Å². The molecule has 1 aromatic carbocycles. The Morgan fingerprint density at radius 3 is 2.87 bits per heavy atom. The smallest absolute Gasteiger partial charge is 0.234 e. The average Bonchev–Trinajstić information content (AvgIpc) is 2.49. The van der Waals surface area contributed by atoms with Crippen molar-refractivity contribution >= 4 is 5.91 Å². The molecule has 128 valence electrons. The second-order valence-corrected chi connectivity index (χ2v) is 6.84. The standard InChI is InChI=1S/C19H30N2O2/c1-15-7-6-9-17(13-15)23-12-11-21(3)14-19(22)20-18-10-5-4-8-16(18)2/h6-7,9,13,16,18H,4-5,8,10-12,14H2,1-3H3,(H,20,22)/t16-,18-/m0/s1. The van der Waals surface area contributed by atoms with Gasteiger partial charge in [0.2, 0.25) is 5.91 Å². The van der Waals surface area contributed by atoms with Gasteiger partial charge in [-0.25, -0.2) is 0 Å². The number of likely N-dealkylation sites (N-methyl/N-ethyl adjacent to an activating group) is 1. The number of carbonyl (C=O) groups excluding carboxylic acids is 1. The van der Waals surface area contributed by atoms with Crippen LogP contribution in [0, 0.1) is 12.8 Å². The Balaban J connectivity index is 1.65. The molecular weight excluding hydrogens is 288 g/mol. The largest absolute Gasteiger partial charge is 0.492 e. The van der Waals surface area contributed by atoms with Gasteiger partial charge in [0.05, 0.1) is 6.54 Å².